The molecule has 0 N–H and O–H groups in total. The fourth-order valence-electron chi connectivity index (χ4n) is 1.93. The van der Waals surface area contributed by atoms with Crippen LogP contribution in [0.1, 0.15) is 44.0 Å². The van der Waals surface area contributed by atoms with Crippen molar-refractivity contribution in [3.05, 3.63) is 29.8 Å². The Bertz CT molecular complexity index is 436. The van der Waals surface area contributed by atoms with Crippen molar-refractivity contribution in [2.75, 3.05) is 19.7 Å². The second-order valence-corrected chi connectivity index (χ2v) is 4.60. The topological polar surface area (TPSA) is 46.6 Å². The van der Waals surface area contributed by atoms with Gasteiger partial charge in [0, 0.05) is 25.1 Å². The van der Waals surface area contributed by atoms with Crippen molar-refractivity contribution in [1.82, 2.24) is 4.90 Å². The number of carbonyl (C=O) groups excluding carboxylic acids is 2. The summed E-state index contributed by atoms with van der Waals surface area (Å²) in [5.74, 6) is 0.942. The van der Waals surface area contributed by atoms with E-state index in [2.05, 4.69) is 0 Å². The van der Waals surface area contributed by atoms with Gasteiger partial charge in [0.05, 0.1) is 6.61 Å². The molecule has 0 heterocycles. The van der Waals surface area contributed by atoms with Crippen molar-refractivity contribution in [1.29, 1.82) is 0 Å². The van der Waals surface area contributed by atoms with Crippen molar-refractivity contribution >= 4 is 11.7 Å². The molecule has 0 bridgehead atoms. The van der Waals surface area contributed by atoms with E-state index in [0.29, 0.717) is 25.0 Å². The quantitative estimate of drug-likeness (QED) is 0.542. The van der Waals surface area contributed by atoms with Gasteiger partial charge in [-0.25, -0.2) is 0 Å². The maximum absolute atomic E-state index is 11.8. The van der Waals surface area contributed by atoms with Gasteiger partial charge in [-0.05, 0) is 51.5 Å². The smallest absolute Gasteiger partial charge is 0.222 e. The van der Waals surface area contributed by atoms with Gasteiger partial charge >= 0.3 is 0 Å². The predicted octanol–water partition coefficient (Wildman–Crippen LogP) is 2.92. The molecule has 0 radical (unpaired) electrons. The van der Waals surface area contributed by atoms with Gasteiger partial charge in [-0.2, -0.15) is 0 Å². The van der Waals surface area contributed by atoms with Crippen LogP contribution in [0.4, 0.5) is 0 Å². The highest BCUT2D eigenvalue weighted by atomic mass is 16.5. The van der Waals surface area contributed by atoms with Crippen LogP contribution < -0.4 is 4.74 Å². The summed E-state index contributed by atoms with van der Waals surface area (Å²) in [5, 5.41) is 0. The van der Waals surface area contributed by atoms with E-state index >= 15 is 0 Å². The molecule has 0 saturated carbocycles. The first kappa shape index (κ1) is 16.2. The summed E-state index contributed by atoms with van der Waals surface area (Å²) >= 11 is 0. The van der Waals surface area contributed by atoms with Gasteiger partial charge in [0.15, 0.2) is 5.78 Å². The fraction of sp³-hybridized carbons (Fsp3) is 0.500. The molecule has 1 aromatic rings. The highest BCUT2D eigenvalue weighted by Crippen LogP contribution is 2.13. The Labute approximate surface area is 120 Å². The average molecular weight is 277 g/mol. The lowest BCUT2D eigenvalue weighted by molar-refractivity contribution is -0.131. The molecular formula is C16H23NO3. The van der Waals surface area contributed by atoms with E-state index in [1.807, 2.05) is 18.7 Å². The van der Waals surface area contributed by atoms with Gasteiger partial charge in [0.25, 0.3) is 0 Å². The lowest BCUT2D eigenvalue weighted by Gasteiger charge is -2.18. The van der Waals surface area contributed by atoms with Gasteiger partial charge in [0.1, 0.15) is 5.75 Å². The number of hydrogen-bond acceptors (Lipinski definition) is 3. The van der Waals surface area contributed by atoms with E-state index in [0.717, 1.165) is 18.8 Å². The minimum absolute atomic E-state index is 0.0429. The van der Waals surface area contributed by atoms with Crippen LogP contribution in [0, 0.1) is 0 Å². The molecule has 1 aromatic carbocycles. The summed E-state index contributed by atoms with van der Waals surface area (Å²) < 4.78 is 5.56. The molecule has 0 aliphatic carbocycles. The molecule has 0 fully saturated rings. The monoisotopic (exact) mass is 277 g/mol. The minimum Gasteiger partial charge on any atom is -0.494 e. The summed E-state index contributed by atoms with van der Waals surface area (Å²) in [6, 6.07) is 7.06. The molecule has 0 aliphatic heterocycles. The predicted molar refractivity (Wildman–Crippen MR) is 79.1 cm³/mol. The van der Waals surface area contributed by atoms with Crippen molar-refractivity contribution in [2.45, 2.75) is 33.6 Å². The lowest BCUT2D eigenvalue weighted by atomic mass is 10.1. The molecule has 0 spiro atoms. The first-order chi connectivity index (χ1) is 9.58. The number of nitrogens with zero attached hydrogens (tertiary/aromatic N) is 1. The van der Waals surface area contributed by atoms with Crippen LogP contribution in [-0.2, 0) is 4.79 Å². The van der Waals surface area contributed by atoms with Crippen LogP contribution in [-0.4, -0.2) is 36.3 Å². The number of hydrogen-bond donors (Lipinski definition) is 0. The van der Waals surface area contributed by atoms with Gasteiger partial charge in [-0.3, -0.25) is 9.59 Å². The van der Waals surface area contributed by atoms with Crippen LogP contribution in [0.3, 0.4) is 0 Å². The van der Waals surface area contributed by atoms with Crippen LogP contribution in [0.5, 0.6) is 5.75 Å². The second-order valence-electron chi connectivity index (χ2n) is 4.60. The van der Waals surface area contributed by atoms with Gasteiger partial charge in [-0.15, -0.1) is 0 Å². The average Bonchev–Trinajstić information content (AvgIpc) is 2.45. The Balaban J connectivity index is 2.30. The summed E-state index contributed by atoms with van der Waals surface area (Å²) in [6.07, 6.45) is 1.21. The standard InChI is InChI=1S/C16H23NO3/c1-4-17(5-2)16(19)7-6-12-20-15-10-8-14(9-11-15)13(3)18/h8-11H,4-7,12H2,1-3H3. The Morgan fingerprint density at radius 2 is 1.70 bits per heavy atom. The molecule has 4 nitrogen and oxygen atoms in total. The maximum atomic E-state index is 11.8. The van der Waals surface area contributed by atoms with E-state index in [4.69, 9.17) is 4.74 Å². The lowest BCUT2D eigenvalue weighted by Crippen LogP contribution is -2.30. The first-order valence-electron chi connectivity index (χ1n) is 7.10. The van der Waals surface area contributed by atoms with Crippen molar-refractivity contribution in [3.63, 3.8) is 0 Å². The second kappa shape index (κ2) is 8.35. The Kier molecular flexibility index (Phi) is 6.77. The Morgan fingerprint density at radius 1 is 1.10 bits per heavy atom. The number of ether oxygens (including phenoxy) is 1. The van der Waals surface area contributed by atoms with Crippen LogP contribution in [0.15, 0.2) is 24.3 Å². The molecule has 110 valence electrons. The molecule has 20 heavy (non-hydrogen) atoms. The zero-order chi connectivity index (χ0) is 15.0. The third-order valence-electron chi connectivity index (χ3n) is 3.18. The molecule has 1 amide bonds. The molecule has 0 unspecified atom stereocenters. The molecule has 0 aromatic heterocycles. The number of Topliss-reactive ketones (excluding diaryl/α,β-unsaturated/α-hetero) is 1. The van der Waals surface area contributed by atoms with Crippen LogP contribution in [0.25, 0.3) is 0 Å². The minimum atomic E-state index is 0.0429. The maximum Gasteiger partial charge on any atom is 0.222 e. The van der Waals surface area contributed by atoms with Gasteiger partial charge in [-0.1, -0.05) is 0 Å². The summed E-state index contributed by atoms with van der Waals surface area (Å²) in [6.45, 7) is 7.51. The van der Waals surface area contributed by atoms with Gasteiger partial charge in [0.2, 0.25) is 5.91 Å². The molecular weight excluding hydrogens is 254 g/mol. The Morgan fingerprint density at radius 3 is 2.20 bits per heavy atom. The van der Waals surface area contributed by atoms with E-state index in [9.17, 15) is 9.59 Å². The molecule has 0 aliphatic rings. The largest absolute Gasteiger partial charge is 0.494 e. The SMILES string of the molecule is CCN(CC)C(=O)CCCOc1ccc(C(C)=O)cc1. The van der Waals surface area contributed by atoms with Crippen molar-refractivity contribution in [3.8, 4) is 5.75 Å². The number of carbonyl (C=O) groups is 2. The molecule has 4 heteroatoms. The van der Waals surface area contributed by atoms with Gasteiger partial charge < -0.3 is 9.64 Å². The number of amides is 1. The normalized spacial score (nSPS) is 10.2. The van der Waals surface area contributed by atoms with Crippen molar-refractivity contribution in [2.24, 2.45) is 0 Å². The fourth-order valence-corrected chi connectivity index (χ4v) is 1.93. The van der Waals surface area contributed by atoms with E-state index in [-0.39, 0.29) is 11.7 Å². The van der Waals surface area contributed by atoms with Crippen LogP contribution in [0.2, 0.25) is 0 Å². The number of benzene rings is 1. The number of rotatable bonds is 8. The third kappa shape index (κ3) is 5.03. The Hall–Kier alpha value is -1.84. The first-order valence-corrected chi connectivity index (χ1v) is 7.10. The highest BCUT2D eigenvalue weighted by molar-refractivity contribution is 5.94. The number of ketones is 1. The highest BCUT2D eigenvalue weighted by Gasteiger charge is 2.08. The zero-order valence-electron chi connectivity index (χ0n) is 12.5. The molecule has 1 rings (SSSR count). The molecule has 0 saturated heterocycles. The van der Waals surface area contributed by atoms with E-state index in [1.165, 1.54) is 6.92 Å². The third-order valence-corrected chi connectivity index (χ3v) is 3.18. The summed E-state index contributed by atoms with van der Waals surface area (Å²) in [4.78, 5) is 24.7. The molecule has 0 atom stereocenters. The summed E-state index contributed by atoms with van der Waals surface area (Å²) in [5.41, 5.74) is 0.675. The summed E-state index contributed by atoms with van der Waals surface area (Å²) in [7, 11) is 0. The zero-order valence-corrected chi connectivity index (χ0v) is 12.5. The van der Waals surface area contributed by atoms with Crippen molar-refractivity contribution < 1.29 is 14.3 Å². The van der Waals surface area contributed by atoms with E-state index in [1.54, 1.807) is 24.3 Å². The van der Waals surface area contributed by atoms with Crippen LogP contribution >= 0.6 is 0 Å². The van der Waals surface area contributed by atoms with E-state index < -0.39 is 0 Å².